The Hall–Kier alpha value is -2.77. The highest BCUT2D eigenvalue weighted by Crippen LogP contribution is 2.31. The largest absolute Gasteiger partial charge is 0.380 e. The van der Waals surface area contributed by atoms with Gasteiger partial charge in [-0.05, 0) is 18.4 Å². The molecule has 2 aromatic rings. The van der Waals surface area contributed by atoms with Gasteiger partial charge in [-0.2, -0.15) is 5.10 Å². The minimum Gasteiger partial charge on any atom is -0.380 e. The van der Waals surface area contributed by atoms with E-state index < -0.39 is 5.91 Å². The fourth-order valence-corrected chi connectivity index (χ4v) is 2.85. The number of nitrogens with zero attached hydrogens (tertiary/aromatic N) is 4. The van der Waals surface area contributed by atoms with Gasteiger partial charge in [0.05, 0.1) is 34.8 Å². The SMILES string of the molecule is C[C@@H](Nc1c(C(N)=O)cnn2cc(N3CCN(C)C3=O)cc12)C(C)(C)C. The molecule has 3 rings (SSSR count). The van der Waals surface area contributed by atoms with Crippen LogP contribution in [-0.2, 0) is 0 Å². The summed E-state index contributed by atoms with van der Waals surface area (Å²) in [5.74, 6) is -0.539. The van der Waals surface area contributed by atoms with Crippen LogP contribution in [0.5, 0.6) is 0 Å². The summed E-state index contributed by atoms with van der Waals surface area (Å²) in [5.41, 5.74) is 7.99. The molecule has 2 aromatic heterocycles. The first-order valence-corrected chi connectivity index (χ1v) is 8.70. The number of hydrogen-bond acceptors (Lipinski definition) is 4. The van der Waals surface area contributed by atoms with E-state index in [0.29, 0.717) is 24.3 Å². The summed E-state index contributed by atoms with van der Waals surface area (Å²) in [7, 11) is 1.78. The van der Waals surface area contributed by atoms with Gasteiger partial charge in [-0.3, -0.25) is 9.69 Å². The van der Waals surface area contributed by atoms with Crippen molar-refractivity contribution in [3.05, 3.63) is 24.0 Å². The van der Waals surface area contributed by atoms with Gasteiger partial charge in [0.25, 0.3) is 5.91 Å². The van der Waals surface area contributed by atoms with Crippen molar-refractivity contribution in [1.82, 2.24) is 14.5 Å². The molecule has 0 saturated carbocycles. The molecule has 8 nitrogen and oxygen atoms in total. The third-order valence-corrected chi connectivity index (χ3v) is 5.08. The van der Waals surface area contributed by atoms with Crippen molar-refractivity contribution in [1.29, 1.82) is 0 Å². The Kier molecular flexibility index (Phi) is 4.29. The topological polar surface area (TPSA) is 96.0 Å². The second-order valence-electron chi connectivity index (χ2n) is 7.91. The molecule has 0 aromatic carbocycles. The lowest BCUT2D eigenvalue weighted by atomic mass is 9.88. The fraction of sp³-hybridized carbons (Fsp3) is 0.500. The third kappa shape index (κ3) is 3.07. The Balaban J connectivity index is 2.09. The second kappa shape index (κ2) is 6.19. The Morgan fingerprint density at radius 3 is 2.58 bits per heavy atom. The first-order valence-electron chi connectivity index (χ1n) is 8.70. The van der Waals surface area contributed by atoms with Crippen LogP contribution < -0.4 is 16.0 Å². The molecular weight excluding hydrogens is 332 g/mol. The van der Waals surface area contributed by atoms with Crippen LogP contribution >= 0.6 is 0 Å². The minimum absolute atomic E-state index is 0.0156. The van der Waals surface area contributed by atoms with E-state index in [1.807, 2.05) is 6.07 Å². The summed E-state index contributed by atoms with van der Waals surface area (Å²) in [6.07, 6.45) is 3.26. The van der Waals surface area contributed by atoms with Gasteiger partial charge in [0, 0.05) is 26.2 Å². The van der Waals surface area contributed by atoms with Crippen molar-refractivity contribution in [3.63, 3.8) is 0 Å². The van der Waals surface area contributed by atoms with Crippen molar-refractivity contribution < 1.29 is 9.59 Å². The predicted octanol–water partition coefficient (Wildman–Crippen LogP) is 2.15. The number of primary amides is 1. The lowest BCUT2D eigenvalue weighted by molar-refractivity contribution is 0.100. The molecule has 3 amide bonds. The highest BCUT2D eigenvalue weighted by atomic mass is 16.2. The van der Waals surface area contributed by atoms with Gasteiger partial charge in [0.15, 0.2) is 0 Å². The van der Waals surface area contributed by atoms with Crippen molar-refractivity contribution in [2.24, 2.45) is 11.1 Å². The number of anilines is 2. The molecular formula is C18H26N6O2. The molecule has 0 aliphatic carbocycles. The number of urea groups is 1. The zero-order valence-corrected chi connectivity index (χ0v) is 15.9. The maximum atomic E-state index is 12.3. The molecule has 140 valence electrons. The summed E-state index contributed by atoms with van der Waals surface area (Å²) in [6.45, 7) is 9.72. The quantitative estimate of drug-likeness (QED) is 0.875. The maximum Gasteiger partial charge on any atom is 0.324 e. The van der Waals surface area contributed by atoms with E-state index in [2.05, 4.69) is 38.1 Å². The number of amides is 3. The van der Waals surface area contributed by atoms with Crippen molar-refractivity contribution >= 4 is 28.8 Å². The number of hydrogen-bond donors (Lipinski definition) is 2. The van der Waals surface area contributed by atoms with Crippen molar-refractivity contribution in [2.75, 3.05) is 30.4 Å². The zero-order chi connectivity index (χ0) is 19.2. The number of nitrogens with one attached hydrogen (secondary N) is 1. The smallest absolute Gasteiger partial charge is 0.324 e. The Labute approximate surface area is 152 Å². The molecule has 1 fully saturated rings. The average Bonchev–Trinajstić information content (AvgIpc) is 3.10. The van der Waals surface area contributed by atoms with Crippen LogP contribution in [0.2, 0.25) is 0 Å². The molecule has 0 spiro atoms. The summed E-state index contributed by atoms with van der Waals surface area (Å²) in [6, 6.07) is 1.91. The molecule has 8 heteroatoms. The number of nitrogens with two attached hydrogens (primary N) is 1. The highest BCUT2D eigenvalue weighted by Gasteiger charge is 2.29. The van der Waals surface area contributed by atoms with Gasteiger partial charge in [0.2, 0.25) is 0 Å². The molecule has 1 atom stereocenters. The zero-order valence-electron chi connectivity index (χ0n) is 15.9. The van der Waals surface area contributed by atoms with E-state index in [-0.39, 0.29) is 17.5 Å². The highest BCUT2D eigenvalue weighted by molar-refractivity contribution is 6.03. The number of fused-ring (bicyclic) bond motifs is 1. The molecule has 26 heavy (non-hydrogen) atoms. The van der Waals surface area contributed by atoms with E-state index in [4.69, 9.17) is 5.73 Å². The molecule has 1 aliphatic rings. The van der Waals surface area contributed by atoms with Crippen LogP contribution in [0.4, 0.5) is 16.2 Å². The van der Waals surface area contributed by atoms with E-state index in [1.54, 1.807) is 27.6 Å². The van der Waals surface area contributed by atoms with E-state index >= 15 is 0 Å². The van der Waals surface area contributed by atoms with E-state index in [0.717, 1.165) is 11.2 Å². The maximum absolute atomic E-state index is 12.3. The number of likely N-dealkylation sites (N-methyl/N-ethyl adjacent to an activating group) is 1. The Morgan fingerprint density at radius 1 is 1.35 bits per heavy atom. The van der Waals surface area contributed by atoms with Gasteiger partial charge in [0.1, 0.15) is 0 Å². The van der Waals surface area contributed by atoms with Crippen molar-refractivity contribution in [2.45, 2.75) is 33.7 Å². The number of carbonyl (C=O) groups excluding carboxylic acids is 2. The molecule has 0 radical (unpaired) electrons. The predicted molar refractivity (Wildman–Crippen MR) is 102 cm³/mol. The van der Waals surface area contributed by atoms with Crippen LogP contribution in [0, 0.1) is 5.41 Å². The van der Waals surface area contributed by atoms with Crippen LogP contribution in [0.3, 0.4) is 0 Å². The van der Waals surface area contributed by atoms with Gasteiger partial charge in [-0.25, -0.2) is 9.31 Å². The van der Waals surface area contributed by atoms with E-state index in [9.17, 15) is 9.59 Å². The number of aromatic nitrogens is 2. The first kappa shape index (κ1) is 18.0. The molecule has 0 bridgehead atoms. The van der Waals surface area contributed by atoms with Gasteiger partial charge >= 0.3 is 6.03 Å². The average molecular weight is 358 g/mol. The van der Waals surface area contributed by atoms with Crippen LogP contribution in [0.25, 0.3) is 5.52 Å². The number of rotatable bonds is 4. The summed E-state index contributed by atoms with van der Waals surface area (Å²) in [4.78, 5) is 27.6. The van der Waals surface area contributed by atoms with Gasteiger partial charge in [-0.15, -0.1) is 0 Å². The Morgan fingerprint density at radius 2 is 2.04 bits per heavy atom. The summed E-state index contributed by atoms with van der Waals surface area (Å²) in [5, 5.41) is 7.72. The normalized spacial score (nSPS) is 16.4. The van der Waals surface area contributed by atoms with Crippen LogP contribution in [-0.4, -0.2) is 52.6 Å². The minimum atomic E-state index is -0.539. The van der Waals surface area contributed by atoms with Gasteiger partial charge in [-0.1, -0.05) is 20.8 Å². The standard InChI is InChI=1S/C18H26N6O2/c1-11(18(2,3)4)21-15-13(16(19)25)9-20-24-10-12(8-14(15)24)23-7-6-22(5)17(23)26/h8-11,21H,6-7H2,1-5H3,(H2,19,25)/t11-/m1/s1. The first-order chi connectivity index (χ1) is 12.1. The lowest BCUT2D eigenvalue weighted by Crippen LogP contribution is -2.32. The summed E-state index contributed by atoms with van der Waals surface area (Å²) < 4.78 is 1.67. The van der Waals surface area contributed by atoms with Crippen molar-refractivity contribution in [3.8, 4) is 0 Å². The monoisotopic (exact) mass is 358 g/mol. The van der Waals surface area contributed by atoms with Crippen LogP contribution in [0.1, 0.15) is 38.1 Å². The number of carbonyl (C=O) groups is 2. The molecule has 3 N–H and O–H groups in total. The molecule has 3 heterocycles. The summed E-state index contributed by atoms with van der Waals surface area (Å²) >= 11 is 0. The second-order valence-corrected chi connectivity index (χ2v) is 7.91. The lowest BCUT2D eigenvalue weighted by Gasteiger charge is -2.29. The molecule has 1 aliphatic heterocycles. The van der Waals surface area contributed by atoms with E-state index in [1.165, 1.54) is 6.20 Å². The third-order valence-electron chi connectivity index (χ3n) is 5.08. The Bertz CT molecular complexity index is 866. The fourth-order valence-electron chi connectivity index (χ4n) is 2.85. The molecule has 1 saturated heterocycles. The van der Waals surface area contributed by atoms with Gasteiger partial charge < -0.3 is 16.0 Å². The molecule has 0 unspecified atom stereocenters. The van der Waals surface area contributed by atoms with Crippen LogP contribution in [0.15, 0.2) is 18.5 Å².